The highest BCUT2D eigenvalue weighted by Crippen LogP contribution is 2.38. The van der Waals surface area contributed by atoms with E-state index in [0.29, 0.717) is 36.9 Å². The van der Waals surface area contributed by atoms with Gasteiger partial charge in [0.2, 0.25) is 0 Å². The molecule has 1 saturated carbocycles. The van der Waals surface area contributed by atoms with Gasteiger partial charge in [-0.2, -0.15) is 0 Å². The Kier molecular flexibility index (Phi) is 6.74. The first-order valence-corrected chi connectivity index (χ1v) is 10.8. The SMILES string of the molecule is Cc1c(C(N)=O)c(C)n(C)c1C(=O)C(=O)N(c1cccc(C(F)F)c1)C1(C)CCC(O)CC1. The van der Waals surface area contributed by atoms with Gasteiger partial charge in [0.25, 0.3) is 18.1 Å². The Hall–Kier alpha value is -3.07. The first kappa shape index (κ1) is 24.6. The number of halogens is 2. The Bertz CT molecular complexity index is 1100. The van der Waals surface area contributed by atoms with Crippen LogP contribution < -0.4 is 10.6 Å². The molecule has 0 radical (unpaired) electrons. The fraction of sp³-hybridized carbons (Fsp3) is 0.458. The third-order valence-corrected chi connectivity index (χ3v) is 6.74. The molecule has 0 unspecified atom stereocenters. The van der Waals surface area contributed by atoms with Gasteiger partial charge in [-0.15, -0.1) is 0 Å². The number of anilines is 1. The lowest BCUT2D eigenvalue weighted by Crippen LogP contribution is -2.55. The molecule has 1 aliphatic rings. The third-order valence-electron chi connectivity index (χ3n) is 6.74. The van der Waals surface area contributed by atoms with Crippen LogP contribution in [0.25, 0.3) is 0 Å². The predicted molar refractivity (Wildman–Crippen MR) is 120 cm³/mol. The molecule has 0 atom stereocenters. The molecule has 9 heteroatoms. The van der Waals surface area contributed by atoms with Crippen LogP contribution in [0.5, 0.6) is 0 Å². The molecule has 3 N–H and O–H groups in total. The molecule has 7 nitrogen and oxygen atoms in total. The number of carbonyl (C=O) groups excluding carboxylic acids is 3. The van der Waals surface area contributed by atoms with Crippen LogP contribution in [0, 0.1) is 13.8 Å². The monoisotopic (exact) mass is 461 g/mol. The minimum atomic E-state index is -2.74. The zero-order chi connectivity index (χ0) is 24.7. The number of aliphatic hydroxyl groups is 1. The van der Waals surface area contributed by atoms with Gasteiger partial charge in [-0.05, 0) is 64.2 Å². The number of alkyl halides is 2. The number of benzene rings is 1. The number of amides is 2. The first-order chi connectivity index (χ1) is 15.4. The summed E-state index contributed by atoms with van der Waals surface area (Å²) in [7, 11) is 1.57. The smallest absolute Gasteiger partial charge is 0.301 e. The number of primary amides is 1. The molecular formula is C24H29F2N3O4. The fourth-order valence-electron chi connectivity index (χ4n) is 4.79. The van der Waals surface area contributed by atoms with Crippen LogP contribution in [0.4, 0.5) is 14.5 Å². The number of nitrogens with two attached hydrogens (primary N) is 1. The van der Waals surface area contributed by atoms with Crippen LogP contribution in [0.15, 0.2) is 24.3 Å². The summed E-state index contributed by atoms with van der Waals surface area (Å²) in [6, 6.07) is 5.41. The summed E-state index contributed by atoms with van der Waals surface area (Å²) >= 11 is 0. The summed E-state index contributed by atoms with van der Waals surface area (Å²) in [6.45, 7) is 4.97. The molecule has 2 aromatic rings. The molecule has 1 aromatic heterocycles. The summed E-state index contributed by atoms with van der Waals surface area (Å²) in [5.41, 5.74) is 5.47. The van der Waals surface area contributed by atoms with Gasteiger partial charge in [0.05, 0.1) is 17.4 Å². The van der Waals surface area contributed by atoms with Crippen molar-refractivity contribution < 1.29 is 28.3 Å². The standard InChI is InChI=1S/C24H29F2N3O4/c1-13-18(22(27)32)14(2)28(4)19(13)20(31)23(33)29(24(3)10-8-17(30)9-11-24)16-7-5-6-15(12-16)21(25)26/h5-7,12,17,21,30H,8-11H2,1-4H3,(H2,27,32). The quantitative estimate of drug-likeness (QED) is 0.507. The van der Waals surface area contributed by atoms with Gasteiger partial charge in [-0.3, -0.25) is 19.3 Å². The molecule has 0 bridgehead atoms. The van der Waals surface area contributed by atoms with Gasteiger partial charge in [-0.1, -0.05) is 12.1 Å². The van der Waals surface area contributed by atoms with E-state index in [1.54, 1.807) is 27.8 Å². The molecule has 0 spiro atoms. The van der Waals surface area contributed by atoms with Crippen LogP contribution in [-0.4, -0.2) is 38.9 Å². The van der Waals surface area contributed by atoms with Crippen molar-refractivity contribution in [3.8, 4) is 0 Å². The first-order valence-electron chi connectivity index (χ1n) is 10.8. The molecule has 3 rings (SSSR count). The van der Waals surface area contributed by atoms with Gasteiger partial charge >= 0.3 is 5.91 Å². The molecule has 178 valence electrons. The number of aromatic nitrogens is 1. The maximum atomic E-state index is 13.7. The van der Waals surface area contributed by atoms with Crippen LogP contribution >= 0.6 is 0 Å². The maximum Gasteiger partial charge on any atom is 0.301 e. The molecule has 1 fully saturated rings. The van der Waals surface area contributed by atoms with Crippen molar-refractivity contribution in [2.75, 3.05) is 4.90 Å². The molecule has 0 saturated heterocycles. The van der Waals surface area contributed by atoms with E-state index in [2.05, 4.69) is 0 Å². The highest BCUT2D eigenvalue weighted by atomic mass is 19.3. The summed E-state index contributed by atoms with van der Waals surface area (Å²) in [5, 5.41) is 9.98. The molecule has 1 aromatic carbocycles. The molecule has 1 heterocycles. The number of hydrogen-bond donors (Lipinski definition) is 2. The van der Waals surface area contributed by atoms with E-state index in [4.69, 9.17) is 5.73 Å². The Morgan fingerprint density at radius 2 is 1.82 bits per heavy atom. The average Bonchev–Trinajstić information content (AvgIpc) is 2.98. The Labute approximate surface area is 191 Å². The van der Waals surface area contributed by atoms with Crippen molar-refractivity contribution in [1.82, 2.24) is 4.57 Å². The van der Waals surface area contributed by atoms with Gasteiger partial charge in [0, 0.05) is 29.5 Å². The second-order valence-corrected chi connectivity index (χ2v) is 8.95. The van der Waals surface area contributed by atoms with Crippen molar-refractivity contribution in [3.63, 3.8) is 0 Å². The van der Waals surface area contributed by atoms with Crippen molar-refractivity contribution in [1.29, 1.82) is 0 Å². The van der Waals surface area contributed by atoms with Gasteiger partial charge in [0.1, 0.15) is 0 Å². The summed E-state index contributed by atoms with van der Waals surface area (Å²) in [5.74, 6) is -2.46. The Balaban J connectivity index is 2.13. The molecule has 1 aliphatic carbocycles. The Morgan fingerprint density at radius 1 is 1.21 bits per heavy atom. The second kappa shape index (κ2) is 9.05. The van der Waals surface area contributed by atoms with E-state index >= 15 is 0 Å². The van der Waals surface area contributed by atoms with E-state index in [9.17, 15) is 28.3 Å². The highest BCUT2D eigenvalue weighted by molar-refractivity contribution is 6.47. The third kappa shape index (κ3) is 4.42. The zero-order valence-corrected chi connectivity index (χ0v) is 19.2. The number of aliphatic hydroxyl groups excluding tert-OH is 1. The average molecular weight is 462 g/mol. The largest absolute Gasteiger partial charge is 0.393 e. The number of Topliss-reactive ketones (excluding diaryl/α,β-unsaturated/α-hetero) is 1. The van der Waals surface area contributed by atoms with Gasteiger partial charge < -0.3 is 15.4 Å². The molecule has 2 amide bonds. The topological polar surface area (TPSA) is 106 Å². The minimum Gasteiger partial charge on any atom is -0.393 e. The van der Waals surface area contributed by atoms with Crippen LogP contribution in [0.2, 0.25) is 0 Å². The lowest BCUT2D eigenvalue weighted by Gasteiger charge is -2.44. The lowest BCUT2D eigenvalue weighted by atomic mass is 9.79. The molecule has 0 aliphatic heterocycles. The van der Waals surface area contributed by atoms with Crippen molar-refractivity contribution in [2.45, 2.75) is 64.5 Å². The number of ketones is 1. The number of rotatable bonds is 6. The Morgan fingerprint density at radius 3 is 2.33 bits per heavy atom. The molecule has 33 heavy (non-hydrogen) atoms. The summed E-state index contributed by atoms with van der Waals surface area (Å²) in [4.78, 5) is 40.4. The number of hydrogen-bond acceptors (Lipinski definition) is 4. The van der Waals surface area contributed by atoms with Crippen molar-refractivity contribution in [2.24, 2.45) is 12.8 Å². The highest BCUT2D eigenvalue weighted by Gasteiger charge is 2.43. The second-order valence-electron chi connectivity index (χ2n) is 8.95. The summed E-state index contributed by atoms with van der Waals surface area (Å²) in [6.07, 6.45) is -1.65. The van der Waals surface area contributed by atoms with E-state index < -0.39 is 35.7 Å². The lowest BCUT2D eigenvalue weighted by molar-refractivity contribution is -0.116. The maximum absolute atomic E-state index is 13.7. The normalized spacial score (nSPS) is 20.7. The van der Waals surface area contributed by atoms with Crippen LogP contribution in [0.1, 0.15) is 76.7 Å². The van der Waals surface area contributed by atoms with Crippen LogP contribution in [0.3, 0.4) is 0 Å². The van der Waals surface area contributed by atoms with Crippen LogP contribution in [-0.2, 0) is 11.8 Å². The van der Waals surface area contributed by atoms with E-state index in [1.807, 2.05) is 0 Å². The van der Waals surface area contributed by atoms with Crippen molar-refractivity contribution >= 4 is 23.3 Å². The van der Waals surface area contributed by atoms with E-state index in [1.165, 1.54) is 33.7 Å². The summed E-state index contributed by atoms with van der Waals surface area (Å²) < 4.78 is 28.3. The van der Waals surface area contributed by atoms with Gasteiger partial charge in [0.15, 0.2) is 0 Å². The predicted octanol–water partition coefficient (Wildman–Crippen LogP) is 3.59. The minimum absolute atomic E-state index is 0.0285. The fourth-order valence-corrected chi connectivity index (χ4v) is 4.79. The number of carbonyl (C=O) groups is 3. The van der Waals surface area contributed by atoms with Gasteiger partial charge in [-0.25, -0.2) is 8.78 Å². The number of nitrogens with zero attached hydrogens (tertiary/aromatic N) is 2. The van der Waals surface area contributed by atoms with E-state index in [0.717, 1.165) is 0 Å². The van der Waals surface area contributed by atoms with E-state index in [-0.39, 0.29) is 22.5 Å². The zero-order valence-electron chi connectivity index (χ0n) is 19.2. The van der Waals surface area contributed by atoms with Crippen molar-refractivity contribution in [3.05, 3.63) is 52.3 Å². The molecular weight excluding hydrogens is 432 g/mol.